The molecule has 0 aliphatic carbocycles. The van der Waals surface area contributed by atoms with Crippen LogP contribution in [0.5, 0.6) is 0 Å². The molecule has 0 atom stereocenters. The van der Waals surface area contributed by atoms with Crippen molar-refractivity contribution in [3.05, 3.63) is 59.2 Å². The van der Waals surface area contributed by atoms with E-state index in [1.807, 2.05) is 12.1 Å². The lowest BCUT2D eigenvalue weighted by Gasteiger charge is -2.26. The van der Waals surface area contributed by atoms with Gasteiger partial charge in [-0.25, -0.2) is 0 Å². The van der Waals surface area contributed by atoms with Gasteiger partial charge in [-0.3, -0.25) is 0 Å². The van der Waals surface area contributed by atoms with Crippen molar-refractivity contribution < 1.29 is 0 Å². The molecular weight excluding hydrogens is 320 g/mol. The molecule has 0 spiro atoms. The van der Waals surface area contributed by atoms with Crippen LogP contribution in [0.4, 0.5) is 11.4 Å². The van der Waals surface area contributed by atoms with Gasteiger partial charge in [0, 0.05) is 31.0 Å². The number of nitriles is 1. The molecule has 0 aromatic heterocycles. The van der Waals surface area contributed by atoms with E-state index in [1.54, 1.807) is 0 Å². The molecule has 1 aliphatic heterocycles. The summed E-state index contributed by atoms with van der Waals surface area (Å²) in [5, 5.41) is 16.3. The summed E-state index contributed by atoms with van der Waals surface area (Å²) in [4.78, 5) is 2.53. The van der Waals surface area contributed by atoms with Crippen molar-refractivity contribution in [1.29, 1.82) is 5.26 Å². The first-order chi connectivity index (χ1) is 12.7. The minimum Gasteiger partial charge on any atom is -0.384 e. The lowest BCUT2D eigenvalue weighted by Crippen LogP contribution is -2.33. The Morgan fingerprint density at radius 3 is 2.42 bits per heavy atom. The topological polar surface area (TPSA) is 51.1 Å². The molecule has 0 amide bonds. The fraction of sp³-hybridized carbons (Fsp3) is 0.409. The van der Waals surface area contributed by atoms with E-state index in [9.17, 15) is 5.26 Å². The predicted molar refractivity (Wildman–Crippen MR) is 108 cm³/mol. The van der Waals surface area contributed by atoms with Crippen LogP contribution in [0.25, 0.3) is 0 Å². The predicted octanol–water partition coefficient (Wildman–Crippen LogP) is 4.38. The fourth-order valence-corrected chi connectivity index (χ4v) is 3.37. The van der Waals surface area contributed by atoms with Gasteiger partial charge in [-0.2, -0.15) is 5.26 Å². The molecule has 2 aromatic rings. The van der Waals surface area contributed by atoms with Crippen LogP contribution in [-0.2, 0) is 6.54 Å². The number of hydrogen-bond donors (Lipinski definition) is 2. The van der Waals surface area contributed by atoms with Gasteiger partial charge in [-0.1, -0.05) is 24.1 Å². The quantitative estimate of drug-likeness (QED) is 0.780. The first-order valence-electron chi connectivity index (χ1n) is 9.54. The number of rotatable bonds is 7. The summed E-state index contributed by atoms with van der Waals surface area (Å²) in [5.41, 5.74) is 5.15. The first-order valence-corrected chi connectivity index (χ1v) is 9.54. The minimum absolute atomic E-state index is 0.646. The van der Waals surface area contributed by atoms with Crippen LogP contribution in [0.1, 0.15) is 36.0 Å². The van der Waals surface area contributed by atoms with Gasteiger partial charge in [-0.05, 0) is 68.8 Å². The van der Waals surface area contributed by atoms with E-state index in [0.29, 0.717) is 6.54 Å². The highest BCUT2D eigenvalue weighted by atomic mass is 15.1. The van der Waals surface area contributed by atoms with Gasteiger partial charge in [0.15, 0.2) is 0 Å². The highest BCUT2D eigenvalue weighted by Crippen LogP contribution is 2.18. The lowest BCUT2D eigenvalue weighted by molar-refractivity contribution is 0.237. The van der Waals surface area contributed by atoms with Crippen molar-refractivity contribution in [2.45, 2.75) is 32.7 Å². The lowest BCUT2D eigenvalue weighted by atomic mass is 10.1. The van der Waals surface area contributed by atoms with Gasteiger partial charge in [0.05, 0.1) is 11.6 Å². The zero-order valence-corrected chi connectivity index (χ0v) is 15.6. The van der Waals surface area contributed by atoms with Gasteiger partial charge in [-0.15, -0.1) is 0 Å². The summed E-state index contributed by atoms with van der Waals surface area (Å²) in [7, 11) is 0. The highest BCUT2D eigenvalue weighted by Gasteiger charge is 2.09. The molecule has 0 saturated carbocycles. The zero-order chi connectivity index (χ0) is 18.2. The summed E-state index contributed by atoms with van der Waals surface area (Å²) in [6, 6.07) is 16.6. The van der Waals surface area contributed by atoms with Crippen molar-refractivity contribution in [2.75, 3.05) is 36.8 Å². The molecule has 2 N–H and O–H groups in total. The van der Waals surface area contributed by atoms with E-state index in [1.165, 1.54) is 37.9 Å². The number of hydrogen-bond acceptors (Lipinski definition) is 4. The normalized spacial score (nSPS) is 14.6. The Kier molecular flexibility index (Phi) is 6.51. The third-order valence-corrected chi connectivity index (χ3v) is 4.97. The van der Waals surface area contributed by atoms with Crippen molar-refractivity contribution in [3.63, 3.8) is 0 Å². The van der Waals surface area contributed by atoms with E-state index < -0.39 is 0 Å². The molecule has 4 nitrogen and oxygen atoms in total. The third-order valence-electron chi connectivity index (χ3n) is 4.97. The van der Waals surface area contributed by atoms with Crippen molar-refractivity contribution in [1.82, 2.24) is 4.90 Å². The standard InChI is InChI=1S/C22H28N4/c1-18-5-8-21(9-6-18)25-17-20-15-22(10-7-19(20)16-23)24-11-14-26-12-3-2-4-13-26/h5-10,15,24-25H,2-4,11-14,17H2,1H3. The third kappa shape index (κ3) is 5.24. The van der Waals surface area contributed by atoms with E-state index in [0.717, 1.165) is 35.6 Å². The maximum atomic E-state index is 9.38. The maximum absolute atomic E-state index is 9.38. The maximum Gasteiger partial charge on any atom is 0.0995 e. The number of benzene rings is 2. The smallest absolute Gasteiger partial charge is 0.0995 e. The van der Waals surface area contributed by atoms with Crippen LogP contribution in [0, 0.1) is 18.3 Å². The molecule has 26 heavy (non-hydrogen) atoms. The minimum atomic E-state index is 0.646. The largest absolute Gasteiger partial charge is 0.384 e. The monoisotopic (exact) mass is 348 g/mol. The van der Waals surface area contributed by atoms with Crippen LogP contribution in [-0.4, -0.2) is 31.1 Å². The molecule has 2 aromatic carbocycles. The van der Waals surface area contributed by atoms with Crippen molar-refractivity contribution >= 4 is 11.4 Å². The summed E-state index contributed by atoms with van der Waals surface area (Å²) in [5.74, 6) is 0. The Hall–Kier alpha value is -2.51. The molecule has 3 rings (SSSR count). The van der Waals surface area contributed by atoms with Gasteiger partial charge < -0.3 is 15.5 Å². The first kappa shape index (κ1) is 18.3. The number of piperidine rings is 1. The second-order valence-electron chi connectivity index (χ2n) is 7.03. The van der Waals surface area contributed by atoms with Crippen LogP contribution in [0.3, 0.4) is 0 Å². The Morgan fingerprint density at radius 2 is 1.69 bits per heavy atom. The number of likely N-dealkylation sites (tertiary alicyclic amines) is 1. The second kappa shape index (κ2) is 9.26. The summed E-state index contributed by atoms with van der Waals surface area (Å²) in [6.07, 6.45) is 4.02. The van der Waals surface area contributed by atoms with E-state index >= 15 is 0 Å². The molecular formula is C22H28N4. The molecule has 0 radical (unpaired) electrons. The van der Waals surface area contributed by atoms with Gasteiger partial charge >= 0.3 is 0 Å². The molecule has 1 aliphatic rings. The van der Waals surface area contributed by atoms with E-state index in [4.69, 9.17) is 0 Å². The number of nitrogens with one attached hydrogen (secondary N) is 2. The molecule has 1 saturated heterocycles. The summed E-state index contributed by atoms with van der Waals surface area (Å²) in [6.45, 7) is 7.19. The summed E-state index contributed by atoms with van der Waals surface area (Å²) >= 11 is 0. The Bertz CT molecular complexity index is 740. The van der Waals surface area contributed by atoms with Crippen LogP contribution in [0.15, 0.2) is 42.5 Å². The van der Waals surface area contributed by atoms with Crippen molar-refractivity contribution in [2.24, 2.45) is 0 Å². The Morgan fingerprint density at radius 1 is 0.962 bits per heavy atom. The molecule has 4 heteroatoms. The van der Waals surface area contributed by atoms with Crippen molar-refractivity contribution in [3.8, 4) is 6.07 Å². The molecule has 0 unspecified atom stereocenters. The summed E-state index contributed by atoms with van der Waals surface area (Å²) < 4.78 is 0. The van der Waals surface area contributed by atoms with E-state index in [2.05, 4.69) is 58.9 Å². The Labute approximate surface area is 156 Å². The van der Waals surface area contributed by atoms with Gasteiger partial charge in [0.25, 0.3) is 0 Å². The molecule has 0 bridgehead atoms. The van der Waals surface area contributed by atoms with Crippen LogP contribution in [0.2, 0.25) is 0 Å². The Balaban J connectivity index is 1.56. The van der Waals surface area contributed by atoms with Crippen LogP contribution < -0.4 is 10.6 Å². The van der Waals surface area contributed by atoms with Gasteiger partial charge in [0.1, 0.15) is 0 Å². The SMILES string of the molecule is Cc1ccc(NCc2cc(NCCN3CCCCC3)ccc2C#N)cc1. The van der Waals surface area contributed by atoms with E-state index in [-0.39, 0.29) is 0 Å². The fourth-order valence-electron chi connectivity index (χ4n) is 3.37. The molecule has 1 fully saturated rings. The number of nitrogens with zero attached hydrogens (tertiary/aromatic N) is 2. The average molecular weight is 348 g/mol. The second-order valence-corrected chi connectivity index (χ2v) is 7.03. The number of aryl methyl sites for hydroxylation is 1. The zero-order valence-electron chi connectivity index (χ0n) is 15.6. The average Bonchev–Trinajstić information content (AvgIpc) is 2.68. The molecule has 1 heterocycles. The number of anilines is 2. The highest BCUT2D eigenvalue weighted by molar-refractivity contribution is 5.54. The van der Waals surface area contributed by atoms with Crippen LogP contribution >= 0.6 is 0 Å². The molecule has 136 valence electrons. The van der Waals surface area contributed by atoms with Gasteiger partial charge in [0.2, 0.25) is 0 Å².